The molecule has 0 aromatic carbocycles. The average molecular weight is 254 g/mol. The van der Waals surface area contributed by atoms with Gasteiger partial charge in [0.2, 0.25) is 0 Å². The van der Waals surface area contributed by atoms with Gasteiger partial charge in [-0.3, -0.25) is 4.79 Å². The first-order chi connectivity index (χ1) is 6.70. The predicted octanol–water partition coefficient (Wildman–Crippen LogP) is 1.64. The minimum absolute atomic E-state index is 0.181. The highest BCUT2D eigenvalue weighted by Crippen LogP contribution is 2.12. The second-order valence-corrected chi connectivity index (χ2v) is 3.80. The molecule has 2 rings (SSSR count). The topological polar surface area (TPSA) is 58.6 Å². The number of aromatic amines is 1. The molecule has 0 saturated heterocycles. The fourth-order valence-electron chi connectivity index (χ4n) is 1.22. The molecule has 5 heteroatoms. The summed E-state index contributed by atoms with van der Waals surface area (Å²) in [6.45, 7) is 1.94. The number of hydrogen-bond donors (Lipinski definition) is 1. The molecule has 0 atom stereocenters. The molecular weight excluding hydrogens is 246 g/mol. The van der Waals surface area contributed by atoms with Crippen molar-refractivity contribution in [3.8, 4) is 0 Å². The zero-order chi connectivity index (χ0) is 10.1. The first kappa shape index (κ1) is 9.33. The first-order valence-corrected chi connectivity index (χ1v) is 5.04. The van der Waals surface area contributed by atoms with Gasteiger partial charge in [-0.2, -0.15) is 0 Å². The third-order valence-corrected chi connectivity index (χ3v) is 2.33. The third-order valence-electron chi connectivity index (χ3n) is 1.90. The van der Waals surface area contributed by atoms with Crippen LogP contribution in [0.15, 0.2) is 21.5 Å². The van der Waals surface area contributed by atoms with Crippen LogP contribution in [0.1, 0.15) is 12.7 Å². The van der Waals surface area contributed by atoms with Crippen LogP contribution in [0.5, 0.6) is 0 Å². The van der Waals surface area contributed by atoms with E-state index in [2.05, 4.69) is 30.9 Å². The molecule has 0 bridgehead atoms. The van der Waals surface area contributed by atoms with Gasteiger partial charge in [0.05, 0.1) is 5.52 Å². The Morgan fingerprint density at radius 3 is 3.07 bits per heavy atom. The van der Waals surface area contributed by atoms with E-state index in [0.29, 0.717) is 23.3 Å². The van der Waals surface area contributed by atoms with Gasteiger partial charge >= 0.3 is 0 Å². The zero-order valence-electron chi connectivity index (χ0n) is 7.54. The highest BCUT2D eigenvalue weighted by molar-refractivity contribution is 9.10. The van der Waals surface area contributed by atoms with E-state index in [-0.39, 0.29) is 5.56 Å². The molecule has 2 heterocycles. The molecule has 2 aromatic rings. The lowest BCUT2D eigenvalue weighted by Gasteiger charge is -1.99. The second kappa shape index (κ2) is 3.49. The van der Waals surface area contributed by atoms with Crippen LogP contribution in [-0.2, 0) is 6.42 Å². The van der Waals surface area contributed by atoms with Crippen LogP contribution in [0.3, 0.4) is 0 Å². The van der Waals surface area contributed by atoms with E-state index in [1.54, 1.807) is 12.3 Å². The Balaban J connectivity index is 2.84. The smallest absolute Gasteiger partial charge is 0.277 e. The van der Waals surface area contributed by atoms with Gasteiger partial charge in [0.25, 0.3) is 5.56 Å². The minimum atomic E-state index is -0.181. The van der Waals surface area contributed by atoms with Gasteiger partial charge in [-0.15, -0.1) is 0 Å². The Labute approximate surface area is 88.5 Å². The Kier molecular flexibility index (Phi) is 2.33. The maximum absolute atomic E-state index is 11.5. The maximum atomic E-state index is 11.5. The van der Waals surface area contributed by atoms with E-state index in [1.807, 2.05) is 6.92 Å². The van der Waals surface area contributed by atoms with Crippen LogP contribution in [0.4, 0.5) is 0 Å². The lowest BCUT2D eigenvalue weighted by molar-refractivity contribution is 0.939. The molecule has 0 aliphatic carbocycles. The summed E-state index contributed by atoms with van der Waals surface area (Å²) in [7, 11) is 0. The number of nitrogens with one attached hydrogen (secondary N) is 1. The molecule has 0 fully saturated rings. The lowest BCUT2D eigenvalue weighted by Crippen LogP contribution is -2.12. The number of fused-ring (bicyclic) bond motifs is 1. The van der Waals surface area contributed by atoms with Crippen molar-refractivity contribution in [1.82, 2.24) is 15.0 Å². The van der Waals surface area contributed by atoms with Crippen molar-refractivity contribution in [2.45, 2.75) is 13.3 Å². The molecule has 0 amide bonds. The second-order valence-electron chi connectivity index (χ2n) is 2.89. The van der Waals surface area contributed by atoms with Crippen LogP contribution < -0.4 is 5.56 Å². The summed E-state index contributed by atoms with van der Waals surface area (Å²) >= 11 is 3.29. The fraction of sp³-hybridized carbons (Fsp3) is 0.222. The van der Waals surface area contributed by atoms with E-state index in [9.17, 15) is 4.79 Å². The van der Waals surface area contributed by atoms with E-state index < -0.39 is 0 Å². The number of nitrogens with zero attached hydrogens (tertiary/aromatic N) is 2. The molecular formula is C9H8BrN3O. The van der Waals surface area contributed by atoms with Gasteiger partial charge < -0.3 is 4.98 Å². The largest absolute Gasteiger partial charge is 0.309 e. The molecule has 14 heavy (non-hydrogen) atoms. The minimum Gasteiger partial charge on any atom is -0.309 e. The predicted molar refractivity (Wildman–Crippen MR) is 57.2 cm³/mol. The van der Waals surface area contributed by atoms with Gasteiger partial charge in [-0.25, -0.2) is 9.97 Å². The normalized spacial score (nSPS) is 10.7. The fourth-order valence-corrected chi connectivity index (χ4v) is 1.54. The average Bonchev–Trinajstić information content (AvgIpc) is 2.16. The summed E-state index contributed by atoms with van der Waals surface area (Å²) in [5.74, 6) is 0.683. The maximum Gasteiger partial charge on any atom is 0.277 e. The highest BCUT2D eigenvalue weighted by Gasteiger charge is 2.03. The molecule has 0 saturated carbocycles. The van der Waals surface area contributed by atoms with Crippen molar-refractivity contribution in [3.05, 3.63) is 32.9 Å². The molecule has 4 nitrogen and oxygen atoms in total. The summed E-state index contributed by atoms with van der Waals surface area (Å²) in [4.78, 5) is 22.4. The summed E-state index contributed by atoms with van der Waals surface area (Å²) in [5.41, 5.74) is 0.824. The molecule has 0 radical (unpaired) electrons. The molecule has 0 aliphatic heterocycles. The Morgan fingerprint density at radius 1 is 1.57 bits per heavy atom. The number of aromatic nitrogens is 3. The standard InChI is InChI=1S/C9H8BrN3O/c1-2-7-12-6-3-5(10)4-11-8(6)9(14)13-7/h3-4H,2H2,1H3,(H,12,13,14). The van der Waals surface area contributed by atoms with Crippen molar-refractivity contribution in [2.75, 3.05) is 0 Å². The van der Waals surface area contributed by atoms with Gasteiger partial charge in [0, 0.05) is 17.1 Å². The van der Waals surface area contributed by atoms with E-state index >= 15 is 0 Å². The van der Waals surface area contributed by atoms with Crippen LogP contribution in [0, 0.1) is 0 Å². The quantitative estimate of drug-likeness (QED) is 0.841. The van der Waals surface area contributed by atoms with Crippen LogP contribution in [0.25, 0.3) is 11.0 Å². The summed E-state index contributed by atoms with van der Waals surface area (Å²) < 4.78 is 0.824. The monoisotopic (exact) mass is 253 g/mol. The van der Waals surface area contributed by atoms with Crippen LogP contribution in [0.2, 0.25) is 0 Å². The number of aryl methyl sites for hydroxylation is 1. The third kappa shape index (κ3) is 1.55. The van der Waals surface area contributed by atoms with Crippen LogP contribution >= 0.6 is 15.9 Å². The van der Waals surface area contributed by atoms with Gasteiger partial charge in [0.1, 0.15) is 5.82 Å². The number of H-pyrrole nitrogens is 1. The van der Waals surface area contributed by atoms with E-state index in [1.165, 1.54) is 0 Å². The van der Waals surface area contributed by atoms with Gasteiger partial charge in [0.15, 0.2) is 5.52 Å². The molecule has 2 aromatic heterocycles. The van der Waals surface area contributed by atoms with Crippen molar-refractivity contribution in [1.29, 1.82) is 0 Å². The number of halogens is 1. The summed E-state index contributed by atoms with van der Waals surface area (Å²) in [5, 5.41) is 0. The Hall–Kier alpha value is -1.23. The van der Waals surface area contributed by atoms with E-state index in [4.69, 9.17) is 0 Å². The zero-order valence-corrected chi connectivity index (χ0v) is 9.13. The first-order valence-electron chi connectivity index (χ1n) is 4.25. The summed E-state index contributed by atoms with van der Waals surface area (Å²) in [6, 6.07) is 1.79. The van der Waals surface area contributed by atoms with Crippen molar-refractivity contribution < 1.29 is 0 Å². The number of rotatable bonds is 1. The molecule has 0 unspecified atom stereocenters. The lowest BCUT2D eigenvalue weighted by atomic mass is 10.3. The molecule has 0 spiro atoms. The SMILES string of the molecule is CCc1nc2cc(Br)cnc2c(=O)[nH]1. The molecule has 72 valence electrons. The van der Waals surface area contributed by atoms with Crippen molar-refractivity contribution >= 4 is 27.0 Å². The highest BCUT2D eigenvalue weighted by atomic mass is 79.9. The summed E-state index contributed by atoms with van der Waals surface area (Å²) in [6.07, 6.45) is 2.29. The Morgan fingerprint density at radius 2 is 2.36 bits per heavy atom. The number of hydrogen-bond acceptors (Lipinski definition) is 3. The van der Waals surface area contributed by atoms with Gasteiger partial charge in [-0.1, -0.05) is 6.92 Å². The van der Waals surface area contributed by atoms with Crippen LogP contribution in [-0.4, -0.2) is 15.0 Å². The van der Waals surface area contributed by atoms with Crippen molar-refractivity contribution in [2.24, 2.45) is 0 Å². The molecule has 0 aliphatic rings. The molecule has 1 N–H and O–H groups in total. The Bertz CT molecular complexity index is 535. The van der Waals surface area contributed by atoms with Gasteiger partial charge in [-0.05, 0) is 22.0 Å². The number of pyridine rings is 1. The van der Waals surface area contributed by atoms with E-state index in [0.717, 1.165) is 4.47 Å². The van der Waals surface area contributed by atoms with Crippen molar-refractivity contribution in [3.63, 3.8) is 0 Å².